The third-order valence-electron chi connectivity index (χ3n) is 1.86. The average Bonchev–Trinajstić information content (AvgIpc) is 2.30. The van der Waals surface area contributed by atoms with E-state index >= 15 is 0 Å². The van der Waals surface area contributed by atoms with Gasteiger partial charge in [-0.2, -0.15) is 0 Å². The van der Waals surface area contributed by atoms with Gasteiger partial charge in [0.2, 0.25) is 5.91 Å². The number of carbonyl (C=O) groups is 2. The summed E-state index contributed by atoms with van der Waals surface area (Å²) in [7, 11) is 0. The zero-order valence-corrected chi connectivity index (χ0v) is 13.1. The minimum atomic E-state index is -1.10. The van der Waals surface area contributed by atoms with Crippen LogP contribution in [0.3, 0.4) is 0 Å². The van der Waals surface area contributed by atoms with Gasteiger partial charge in [0.15, 0.2) is 0 Å². The second-order valence-electron chi connectivity index (χ2n) is 3.14. The number of hydrogen-bond acceptors (Lipinski definition) is 2. The lowest BCUT2D eigenvalue weighted by Crippen LogP contribution is -2.34. The smallest absolute Gasteiger partial charge is 0.318 e. The molecule has 0 aliphatic carbocycles. The Balaban J connectivity index is 2.66. The Morgan fingerprint density at radius 2 is 1.65 bits per heavy atom. The SMILES string of the molecule is O=C(O)[C@@H](Br)[C@H](Br)C(=O)Nc1ccc(Br)cc1. The van der Waals surface area contributed by atoms with Crippen molar-refractivity contribution in [1.29, 1.82) is 0 Å². The summed E-state index contributed by atoms with van der Waals surface area (Å²) in [6.07, 6.45) is 0. The summed E-state index contributed by atoms with van der Waals surface area (Å²) in [5.74, 6) is -1.52. The number of halogens is 3. The molecule has 0 aliphatic heterocycles. The first-order valence-corrected chi connectivity index (χ1v) is 7.11. The second kappa shape index (κ2) is 6.51. The van der Waals surface area contributed by atoms with Crippen molar-refractivity contribution in [3.05, 3.63) is 28.7 Å². The number of hydrogen-bond donors (Lipinski definition) is 2. The number of rotatable bonds is 4. The van der Waals surface area contributed by atoms with Crippen LogP contribution >= 0.6 is 47.8 Å². The van der Waals surface area contributed by atoms with Gasteiger partial charge in [0, 0.05) is 10.2 Å². The number of carboxylic acid groups (broad SMARTS) is 1. The molecule has 2 N–H and O–H groups in total. The number of amides is 1. The number of carboxylic acids is 1. The first kappa shape index (κ1) is 14.7. The molecule has 7 heteroatoms. The molecule has 2 atom stereocenters. The molecule has 0 aliphatic rings. The summed E-state index contributed by atoms with van der Waals surface area (Å²) < 4.78 is 0.898. The quantitative estimate of drug-likeness (QED) is 0.723. The molecule has 0 heterocycles. The van der Waals surface area contributed by atoms with E-state index < -0.39 is 21.5 Å². The molecule has 0 fully saturated rings. The van der Waals surface area contributed by atoms with Crippen molar-refractivity contribution in [1.82, 2.24) is 0 Å². The van der Waals surface area contributed by atoms with Gasteiger partial charge in [-0.25, -0.2) is 0 Å². The molecule has 4 nitrogen and oxygen atoms in total. The van der Waals surface area contributed by atoms with Crippen molar-refractivity contribution in [2.75, 3.05) is 5.32 Å². The van der Waals surface area contributed by atoms with Crippen molar-refractivity contribution >= 4 is 65.4 Å². The van der Waals surface area contributed by atoms with E-state index in [1.807, 2.05) is 0 Å². The fraction of sp³-hybridized carbons (Fsp3) is 0.200. The van der Waals surface area contributed by atoms with Gasteiger partial charge < -0.3 is 10.4 Å². The van der Waals surface area contributed by atoms with Gasteiger partial charge in [-0.3, -0.25) is 9.59 Å². The predicted molar refractivity (Wildman–Crippen MR) is 75.8 cm³/mol. The first-order chi connectivity index (χ1) is 7.91. The van der Waals surface area contributed by atoms with Crippen molar-refractivity contribution < 1.29 is 14.7 Å². The van der Waals surface area contributed by atoms with E-state index in [9.17, 15) is 9.59 Å². The fourth-order valence-corrected chi connectivity index (χ4v) is 1.85. The maximum Gasteiger partial charge on any atom is 0.318 e. The fourth-order valence-electron chi connectivity index (χ4n) is 1.00. The van der Waals surface area contributed by atoms with Crippen LogP contribution in [-0.2, 0) is 9.59 Å². The maximum atomic E-state index is 11.7. The molecule has 0 unspecified atom stereocenters. The Hall–Kier alpha value is -0.400. The van der Waals surface area contributed by atoms with Crippen LogP contribution < -0.4 is 5.32 Å². The molecule has 0 spiro atoms. The lowest BCUT2D eigenvalue weighted by molar-refractivity contribution is -0.137. The monoisotopic (exact) mass is 427 g/mol. The van der Waals surface area contributed by atoms with Crippen LogP contribution in [0.15, 0.2) is 28.7 Å². The number of nitrogens with one attached hydrogen (secondary N) is 1. The Morgan fingerprint density at radius 3 is 2.12 bits per heavy atom. The number of alkyl halides is 2. The Labute approximate surface area is 123 Å². The number of carbonyl (C=O) groups excluding carboxylic acids is 1. The topological polar surface area (TPSA) is 66.4 Å². The zero-order valence-electron chi connectivity index (χ0n) is 8.36. The summed E-state index contributed by atoms with van der Waals surface area (Å²) in [5, 5.41) is 11.3. The summed E-state index contributed by atoms with van der Waals surface area (Å²) in [4.78, 5) is 20.5. The molecule has 0 saturated carbocycles. The maximum absolute atomic E-state index is 11.7. The third-order valence-corrected chi connectivity index (χ3v) is 4.96. The van der Waals surface area contributed by atoms with Gasteiger partial charge >= 0.3 is 5.97 Å². The van der Waals surface area contributed by atoms with Crippen LogP contribution in [0, 0.1) is 0 Å². The molecule has 0 aromatic heterocycles. The van der Waals surface area contributed by atoms with Gasteiger partial charge in [0.1, 0.15) is 9.65 Å². The molecule has 1 aromatic rings. The van der Waals surface area contributed by atoms with Gasteiger partial charge in [-0.1, -0.05) is 47.8 Å². The average molecular weight is 430 g/mol. The van der Waals surface area contributed by atoms with Crippen LogP contribution in [-0.4, -0.2) is 26.6 Å². The first-order valence-electron chi connectivity index (χ1n) is 4.49. The largest absolute Gasteiger partial charge is 0.480 e. The zero-order chi connectivity index (χ0) is 13.0. The van der Waals surface area contributed by atoms with E-state index in [4.69, 9.17) is 5.11 Å². The lowest BCUT2D eigenvalue weighted by atomic mass is 10.2. The molecular formula is C10H8Br3NO3. The molecule has 92 valence electrons. The molecule has 1 rings (SSSR count). The summed E-state index contributed by atoms with van der Waals surface area (Å²) >= 11 is 9.23. The summed E-state index contributed by atoms with van der Waals surface area (Å²) in [6.45, 7) is 0. The number of aliphatic carboxylic acids is 1. The molecular weight excluding hydrogens is 422 g/mol. The van der Waals surface area contributed by atoms with E-state index in [1.54, 1.807) is 24.3 Å². The molecule has 0 saturated heterocycles. The summed E-state index contributed by atoms with van der Waals surface area (Å²) in [5.41, 5.74) is 0.604. The third kappa shape index (κ3) is 4.40. The standard InChI is InChI=1S/C10H8Br3NO3/c11-5-1-3-6(4-2-5)14-9(15)7(12)8(13)10(16)17/h1-4,7-8H,(H,14,15)(H,16,17)/t7-,8-/m0/s1. The van der Waals surface area contributed by atoms with Crippen LogP contribution in [0.1, 0.15) is 0 Å². The van der Waals surface area contributed by atoms with Gasteiger partial charge in [0.05, 0.1) is 0 Å². The Kier molecular flexibility index (Phi) is 5.61. The van der Waals surface area contributed by atoms with E-state index in [0.717, 1.165) is 4.47 Å². The van der Waals surface area contributed by atoms with Crippen molar-refractivity contribution in [3.8, 4) is 0 Å². The predicted octanol–water partition coefficient (Wildman–Crippen LogP) is 3.00. The van der Waals surface area contributed by atoms with E-state index in [-0.39, 0.29) is 0 Å². The van der Waals surface area contributed by atoms with Gasteiger partial charge in [-0.15, -0.1) is 0 Å². The van der Waals surface area contributed by atoms with Crippen LogP contribution in [0.25, 0.3) is 0 Å². The minimum Gasteiger partial charge on any atom is -0.480 e. The number of benzene rings is 1. The Bertz CT molecular complexity index is 421. The highest BCUT2D eigenvalue weighted by molar-refractivity contribution is 9.12. The highest BCUT2D eigenvalue weighted by Crippen LogP contribution is 2.19. The molecule has 1 amide bonds. The highest BCUT2D eigenvalue weighted by Gasteiger charge is 2.29. The van der Waals surface area contributed by atoms with E-state index in [2.05, 4.69) is 53.1 Å². The van der Waals surface area contributed by atoms with Crippen molar-refractivity contribution in [3.63, 3.8) is 0 Å². The normalized spacial score (nSPS) is 13.8. The van der Waals surface area contributed by atoms with Gasteiger partial charge in [0.25, 0.3) is 0 Å². The molecule has 1 aromatic carbocycles. The van der Waals surface area contributed by atoms with Gasteiger partial charge in [-0.05, 0) is 24.3 Å². The van der Waals surface area contributed by atoms with Crippen LogP contribution in [0.5, 0.6) is 0 Å². The van der Waals surface area contributed by atoms with Crippen molar-refractivity contribution in [2.24, 2.45) is 0 Å². The van der Waals surface area contributed by atoms with Crippen molar-refractivity contribution in [2.45, 2.75) is 9.65 Å². The number of anilines is 1. The van der Waals surface area contributed by atoms with Crippen LogP contribution in [0.4, 0.5) is 5.69 Å². The minimum absolute atomic E-state index is 0.420. The van der Waals surface area contributed by atoms with E-state index in [0.29, 0.717) is 5.69 Å². The summed E-state index contributed by atoms with van der Waals surface area (Å²) in [6, 6.07) is 6.99. The molecule has 17 heavy (non-hydrogen) atoms. The lowest BCUT2D eigenvalue weighted by Gasteiger charge is -2.13. The molecule has 0 bridgehead atoms. The molecule has 0 radical (unpaired) electrons. The highest BCUT2D eigenvalue weighted by atomic mass is 79.9. The van der Waals surface area contributed by atoms with Crippen LogP contribution in [0.2, 0.25) is 0 Å². The second-order valence-corrected chi connectivity index (χ2v) is 6.03. The van der Waals surface area contributed by atoms with E-state index in [1.165, 1.54) is 0 Å². The Morgan fingerprint density at radius 1 is 1.12 bits per heavy atom.